The quantitative estimate of drug-likeness (QED) is 0.644. The molecular weight excluding hydrogens is 170 g/mol. The number of aromatic nitrogens is 2. The van der Waals surface area contributed by atoms with Gasteiger partial charge in [0.25, 0.3) is 0 Å². The van der Waals surface area contributed by atoms with E-state index in [2.05, 4.69) is 20.0 Å². The van der Waals surface area contributed by atoms with Crippen LogP contribution in [0.4, 0.5) is 0 Å². The zero-order valence-electron chi connectivity index (χ0n) is 7.76. The molecule has 0 amide bonds. The van der Waals surface area contributed by atoms with Gasteiger partial charge in [0.05, 0.1) is 13.7 Å². The van der Waals surface area contributed by atoms with Crippen LogP contribution < -0.4 is 5.32 Å². The number of aromatic amines is 1. The largest absolute Gasteiger partial charge is 0.468 e. The summed E-state index contributed by atoms with van der Waals surface area (Å²) in [6.45, 7) is 2.69. The zero-order valence-corrected chi connectivity index (χ0v) is 7.76. The molecule has 5 heteroatoms. The Kier molecular flexibility index (Phi) is 3.45. The van der Waals surface area contributed by atoms with E-state index in [9.17, 15) is 4.79 Å². The topological polar surface area (TPSA) is 67.0 Å². The van der Waals surface area contributed by atoms with Crippen molar-refractivity contribution in [3.05, 3.63) is 17.7 Å². The van der Waals surface area contributed by atoms with Gasteiger partial charge in [-0.05, 0) is 6.92 Å². The smallest absolute Gasteiger partial charge is 0.319 e. The maximum absolute atomic E-state index is 10.7. The van der Waals surface area contributed by atoms with Gasteiger partial charge in [-0.25, -0.2) is 4.98 Å². The van der Waals surface area contributed by atoms with Crippen LogP contribution in [0.3, 0.4) is 0 Å². The first-order valence-electron chi connectivity index (χ1n) is 4.00. The van der Waals surface area contributed by atoms with Gasteiger partial charge in [0.15, 0.2) is 0 Å². The number of hydrogen-bond donors (Lipinski definition) is 2. The lowest BCUT2D eigenvalue weighted by Crippen LogP contribution is -2.23. The number of nitrogens with zero attached hydrogens (tertiary/aromatic N) is 1. The second-order valence-electron chi connectivity index (χ2n) is 2.67. The first-order chi connectivity index (χ1) is 6.22. The van der Waals surface area contributed by atoms with E-state index in [1.807, 2.05) is 6.92 Å². The highest BCUT2D eigenvalue weighted by atomic mass is 16.5. The Morgan fingerprint density at radius 3 is 3.08 bits per heavy atom. The second-order valence-corrected chi connectivity index (χ2v) is 2.67. The Morgan fingerprint density at radius 2 is 2.54 bits per heavy atom. The molecule has 0 aliphatic carbocycles. The molecule has 1 rings (SSSR count). The van der Waals surface area contributed by atoms with Crippen molar-refractivity contribution in [3.63, 3.8) is 0 Å². The molecule has 13 heavy (non-hydrogen) atoms. The molecule has 0 aromatic carbocycles. The average Bonchev–Trinajstić information content (AvgIpc) is 2.51. The number of methoxy groups -OCH3 is 1. The maximum Gasteiger partial charge on any atom is 0.319 e. The molecule has 0 spiro atoms. The fourth-order valence-corrected chi connectivity index (χ4v) is 0.933. The standard InChI is InChI=1S/C8H13N3O2/c1-6-10-4-7(11-6)3-9-5-8(12)13-2/h4,9H,3,5H2,1-2H3,(H,10,11). The van der Waals surface area contributed by atoms with Gasteiger partial charge in [-0.15, -0.1) is 0 Å². The lowest BCUT2D eigenvalue weighted by atomic mass is 10.4. The summed E-state index contributed by atoms with van der Waals surface area (Å²) in [5, 5.41) is 2.92. The third-order valence-electron chi connectivity index (χ3n) is 1.57. The minimum atomic E-state index is -0.267. The number of hydrogen-bond acceptors (Lipinski definition) is 4. The van der Waals surface area contributed by atoms with Crippen LogP contribution in [0.5, 0.6) is 0 Å². The lowest BCUT2D eigenvalue weighted by molar-refractivity contribution is -0.139. The van der Waals surface area contributed by atoms with Crippen molar-refractivity contribution in [2.75, 3.05) is 13.7 Å². The second kappa shape index (κ2) is 4.61. The van der Waals surface area contributed by atoms with Gasteiger partial charge in [0.1, 0.15) is 5.82 Å². The van der Waals surface area contributed by atoms with Crippen LogP contribution in [0.2, 0.25) is 0 Å². The Balaban J connectivity index is 2.24. The Morgan fingerprint density at radius 1 is 1.77 bits per heavy atom. The molecule has 0 saturated heterocycles. The molecule has 0 aliphatic heterocycles. The summed E-state index contributed by atoms with van der Waals surface area (Å²) in [7, 11) is 1.37. The molecule has 0 unspecified atom stereocenters. The van der Waals surface area contributed by atoms with E-state index < -0.39 is 0 Å². The van der Waals surface area contributed by atoms with Crippen molar-refractivity contribution in [1.82, 2.24) is 15.3 Å². The highest BCUT2D eigenvalue weighted by Gasteiger charge is 2.00. The maximum atomic E-state index is 10.7. The van der Waals surface area contributed by atoms with Crippen LogP contribution in [-0.4, -0.2) is 29.6 Å². The molecule has 5 nitrogen and oxygen atoms in total. The van der Waals surface area contributed by atoms with E-state index in [0.717, 1.165) is 11.5 Å². The van der Waals surface area contributed by atoms with Crippen LogP contribution >= 0.6 is 0 Å². The molecule has 1 aromatic heterocycles. The molecule has 1 heterocycles. The number of H-pyrrole nitrogens is 1. The van der Waals surface area contributed by atoms with Crippen molar-refractivity contribution < 1.29 is 9.53 Å². The first kappa shape index (κ1) is 9.73. The van der Waals surface area contributed by atoms with E-state index in [4.69, 9.17) is 0 Å². The molecule has 0 aliphatic rings. The fraction of sp³-hybridized carbons (Fsp3) is 0.500. The van der Waals surface area contributed by atoms with E-state index >= 15 is 0 Å². The summed E-state index contributed by atoms with van der Waals surface area (Å²) in [4.78, 5) is 17.8. The summed E-state index contributed by atoms with van der Waals surface area (Å²) < 4.78 is 4.47. The monoisotopic (exact) mass is 183 g/mol. The van der Waals surface area contributed by atoms with Crippen molar-refractivity contribution in [3.8, 4) is 0 Å². The molecule has 0 atom stereocenters. The normalized spacial score (nSPS) is 10.0. The van der Waals surface area contributed by atoms with Gasteiger partial charge in [0, 0.05) is 18.4 Å². The van der Waals surface area contributed by atoms with E-state index in [0.29, 0.717) is 6.54 Å². The lowest BCUT2D eigenvalue weighted by Gasteiger charge is -2.00. The molecule has 2 N–H and O–H groups in total. The number of esters is 1. The third kappa shape index (κ3) is 3.25. The molecule has 72 valence electrons. The highest BCUT2D eigenvalue weighted by molar-refractivity contribution is 5.71. The molecule has 0 bridgehead atoms. The van der Waals surface area contributed by atoms with Crippen molar-refractivity contribution >= 4 is 5.97 Å². The van der Waals surface area contributed by atoms with Gasteiger partial charge in [-0.1, -0.05) is 0 Å². The number of nitrogens with one attached hydrogen (secondary N) is 2. The van der Waals surface area contributed by atoms with Crippen LogP contribution in [0.15, 0.2) is 6.20 Å². The Bertz CT molecular complexity index is 283. The Labute approximate surface area is 76.5 Å². The van der Waals surface area contributed by atoms with Gasteiger partial charge >= 0.3 is 5.97 Å². The summed E-state index contributed by atoms with van der Waals surface area (Å²) in [6, 6.07) is 0. The summed E-state index contributed by atoms with van der Waals surface area (Å²) in [5.41, 5.74) is 0.960. The van der Waals surface area contributed by atoms with E-state index in [1.54, 1.807) is 6.20 Å². The molecule has 0 radical (unpaired) electrons. The number of imidazole rings is 1. The zero-order chi connectivity index (χ0) is 9.68. The minimum Gasteiger partial charge on any atom is -0.468 e. The highest BCUT2D eigenvalue weighted by Crippen LogP contribution is 1.93. The van der Waals surface area contributed by atoms with Crippen LogP contribution in [-0.2, 0) is 16.1 Å². The minimum absolute atomic E-state index is 0.217. The summed E-state index contributed by atoms with van der Waals surface area (Å²) in [6.07, 6.45) is 1.74. The van der Waals surface area contributed by atoms with Crippen molar-refractivity contribution in [1.29, 1.82) is 0 Å². The third-order valence-corrected chi connectivity index (χ3v) is 1.57. The number of carbonyl (C=O) groups is 1. The van der Waals surface area contributed by atoms with Gasteiger partial charge < -0.3 is 15.0 Å². The fourth-order valence-electron chi connectivity index (χ4n) is 0.933. The predicted molar refractivity (Wildman–Crippen MR) is 47.0 cm³/mol. The number of carbonyl (C=O) groups excluding carboxylic acids is 1. The number of rotatable bonds is 4. The van der Waals surface area contributed by atoms with Crippen LogP contribution in [0, 0.1) is 6.92 Å². The van der Waals surface area contributed by atoms with Gasteiger partial charge in [-0.3, -0.25) is 4.79 Å². The molecular formula is C8H13N3O2. The average molecular weight is 183 g/mol. The molecule has 0 saturated carbocycles. The van der Waals surface area contributed by atoms with Crippen LogP contribution in [0.25, 0.3) is 0 Å². The predicted octanol–water partition coefficient (Wildman–Crippen LogP) is -0.0193. The van der Waals surface area contributed by atoms with E-state index in [-0.39, 0.29) is 12.5 Å². The number of aryl methyl sites for hydroxylation is 1. The van der Waals surface area contributed by atoms with Crippen molar-refractivity contribution in [2.45, 2.75) is 13.5 Å². The van der Waals surface area contributed by atoms with Gasteiger partial charge in [0.2, 0.25) is 0 Å². The van der Waals surface area contributed by atoms with Crippen molar-refractivity contribution in [2.24, 2.45) is 0 Å². The van der Waals surface area contributed by atoms with E-state index in [1.165, 1.54) is 7.11 Å². The number of ether oxygens (including phenoxy) is 1. The van der Waals surface area contributed by atoms with Crippen LogP contribution in [0.1, 0.15) is 11.5 Å². The summed E-state index contributed by atoms with van der Waals surface area (Å²) in [5.74, 6) is 0.603. The summed E-state index contributed by atoms with van der Waals surface area (Å²) >= 11 is 0. The molecule has 0 fully saturated rings. The SMILES string of the molecule is COC(=O)CNCc1cnc(C)[nH]1. The van der Waals surface area contributed by atoms with Gasteiger partial charge in [-0.2, -0.15) is 0 Å². The molecule has 1 aromatic rings. The Hall–Kier alpha value is -1.36. The first-order valence-corrected chi connectivity index (χ1v) is 4.00.